The predicted octanol–water partition coefficient (Wildman–Crippen LogP) is 4.96. The van der Waals surface area contributed by atoms with Gasteiger partial charge < -0.3 is 10.2 Å². The van der Waals surface area contributed by atoms with E-state index in [1.165, 1.54) is 24.8 Å². The van der Waals surface area contributed by atoms with E-state index in [1.54, 1.807) is 6.07 Å². The molecule has 0 heterocycles. The molecule has 116 valence electrons. The molecule has 1 saturated carbocycles. The van der Waals surface area contributed by atoms with Gasteiger partial charge in [0.05, 0.1) is 0 Å². The van der Waals surface area contributed by atoms with Crippen molar-refractivity contribution in [2.75, 3.05) is 0 Å². The summed E-state index contributed by atoms with van der Waals surface area (Å²) in [7, 11) is 0. The molecule has 0 aliphatic heterocycles. The fraction of sp³-hybridized carbons (Fsp3) is 0.400. The van der Waals surface area contributed by atoms with Crippen LogP contribution in [-0.4, -0.2) is 10.2 Å². The van der Waals surface area contributed by atoms with Gasteiger partial charge in [-0.3, -0.25) is 0 Å². The van der Waals surface area contributed by atoms with Crippen LogP contribution in [0.4, 0.5) is 0 Å². The van der Waals surface area contributed by atoms with Crippen molar-refractivity contribution >= 4 is 0 Å². The second-order valence-electron chi connectivity index (χ2n) is 6.62. The summed E-state index contributed by atoms with van der Waals surface area (Å²) < 4.78 is 0. The molecule has 0 aromatic heterocycles. The molecule has 1 aliphatic rings. The minimum absolute atomic E-state index is 0.132. The highest BCUT2D eigenvalue weighted by Gasteiger charge is 2.38. The zero-order valence-corrected chi connectivity index (χ0v) is 13.4. The zero-order chi connectivity index (χ0) is 15.7. The number of aromatic hydroxyl groups is 2. The summed E-state index contributed by atoms with van der Waals surface area (Å²) in [6.07, 6.45) is 5.70. The summed E-state index contributed by atoms with van der Waals surface area (Å²) in [5.41, 5.74) is 3.94. The van der Waals surface area contributed by atoms with E-state index in [4.69, 9.17) is 0 Å². The van der Waals surface area contributed by atoms with Crippen molar-refractivity contribution in [2.24, 2.45) is 0 Å². The second kappa shape index (κ2) is 5.68. The Hall–Kier alpha value is -1.96. The first kappa shape index (κ1) is 15.0. The summed E-state index contributed by atoms with van der Waals surface area (Å²) in [5, 5.41) is 20.5. The number of para-hydroxylation sites is 1. The number of phenols is 2. The minimum Gasteiger partial charge on any atom is -0.508 e. The van der Waals surface area contributed by atoms with Gasteiger partial charge in [0.25, 0.3) is 0 Å². The molecule has 2 aromatic carbocycles. The van der Waals surface area contributed by atoms with Crippen LogP contribution in [0.1, 0.15) is 54.4 Å². The van der Waals surface area contributed by atoms with Gasteiger partial charge in [0.15, 0.2) is 0 Å². The topological polar surface area (TPSA) is 40.5 Å². The Labute approximate surface area is 132 Å². The van der Waals surface area contributed by atoms with Crippen molar-refractivity contribution < 1.29 is 10.2 Å². The maximum atomic E-state index is 10.7. The highest BCUT2D eigenvalue weighted by Crippen LogP contribution is 2.48. The van der Waals surface area contributed by atoms with Gasteiger partial charge in [-0.25, -0.2) is 0 Å². The van der Waals surface area contributed by atoms with Crippen LogP contribution in [0.15, 0.2) is 36.4 Å². The van der Waals surface area contributed by atoms with Crippen LogP contribution in [0.3, 0.4) is 0 Å². The van der Waals surface area contributed by atoms with E-state index in [-0.39, 0.29) is 5.41 Å². The van der Waals surface area contributed by atoms with Crippen LogP contribution in [0.2, 0.25) is 0 Å². The third-order valence-electron chi connectivity index (χ3n) is 5.21. The average Bonchev–Trinajstić information content (AvgIpc) is 2.53. The lowest BCUT2D eigenvalue weighted by Gasteiger charge is -2.39. The molecule has 0 spiro atoms. The van der Waals surface area contributed by atoms with E-state index in [1.807, 2.05) is 32.0 Å². The lowest BCUT2D eigenvalue weighted by Crippen LogP contribution is -2.30. The number of hydrogen-bond donors (Lipinski definition) is 2. The van der Waals surface area contributed by atoms with Crippen molar-refractivity contribution in [3.05, 3.63) is 58.7 Å². The first-order valence-corrected chi connectivity index (χ1v) is 8.14. The van der Waals surface area contributed by atoms with Crippen LogP contribution >= 0.6 is 0 Å². The molecule has 0 atom stereocenters. The molecule has 0 bridgehead atoms. The Kier molecular flexibility index (Phi) is 3.86. The molecule has 0 amide bonds. The van der Waals surface area contributed by atoms with E-state index < -0.39 is 0 Å². The van der Waals surface area contributed by atoms with Crippen LogP contribution in [-0.2, 0) is 5.41 Å². The fourth-order valence-corrected chi connectivity index (χ4v) is 3.87. The van der Waals surface area contributed by atoms with Gasteiger partial charge >= 0.3 is 0 Å². The van der Waals surface area contributed by atoms with Crippen LogP contribution in [0, 0.1) is 13.8 Å². The molecule has 2 heteroatoms. The lowest BCUT2D eigenvalue weighted by atomic mass is 9.64. The maximum absolute atomic E-state index is 10.7. The van der Waals surface area contributed by atoms with Crippen molar-refractivity contribution in [3.63, 3.8) is 0 Å². The molecule has 1 aliphatic carbocycles. The van der Waals surface area contributed by atoms with Crippen LogP contribution in [0.25, 0.3) is 0 Å². The predicted molar refractivity (Wildman–Crippen MR) is 89.6 cm³/mol. The van der Waals surface area contributed by atoms with E-state index >= 15 is 0 Å². The number of hydrogen-bond acceptors (Lipinski definition) is 2. The first-order chi connectivity index (χ1) is 10.5. The zero-order valence-electron chi connectivity index (χ0n) is 13.4. The average molecular weight is 296 g/mol. The number of benzene rings is 2. The smallest absolute Gasteiger partial charge is 0.122 e. The Morgan fingerprint density at radius 1 is 0.864 bits per heavy atom. The molecular formula is C20H24O2. The monoisotopic (exact) mass is 296 g/mol. The van der Waals surface area contributed by atoms with Gasteiger partial charge in [-0.05, 0) is 49.4 Å². The van der Waals surface area contributed by atoms with Crippen molar-refractivity contribution in [1.29, 1.82) is 0 Å². The van der Waals surface area contributed by atoms with Crippen molar-refractivity contribution in [3.8, 4) is 11.5 Å². The highest BCUT2D eigenvalue weighted by molar-refractivity contribution is 5.52. The van der Waals surface area contributed by atoms with Gasteiger partial charge in [-0.15, -0.1) is 0 Å². The van der Waals surface area contributed by atoms with Crippen molar-refractivity contribution in [1.82, 2.24) is 0 Å². The molecule has 1 fully saturated rings. The fourth-order valence-electron chi connectivity index (χ4n) is 3.87. The maximum Gasteiger partial charge on any atom is 0.122 e. The molecule has 0 unspecified atom stereocenters. The molecule has 2 aromatic rings. The third-order valence-corrected chi connectivity index (χ3v) is 5.21. The van der Waals surface area contributed by atoms with Gasteiger partial charge in [-0.2, -0.15) is 0 Å². The second-order valence-corrected chi connectivity index (χ2v) is 6.62. The molecule has 0 saturated heterocycles. The molecule has 2 nitrogen and oxygen atoms in total. The molecule has 2 N–H and O–H groups in total. The Balaban J connectivity index is 2.20. The van der Waals surface area contributed by atoms with Crippen LogP contribution < -0.4 is 0 Å². The first-order valence-electron chi connectivity index (χ1n) is 8.14. The number of aryl methyl sites for hydroxylation is 2. The largest absolute Gasteiger partial charge is 0.508 e. The SMILES string of the molecule is Cc1cc(C2(c3cccc(C)c3O)CCCCC2)ccc1O. The minimum atomic E-state index is -0.132. The Bertz CT molecular complexity index is 682. The summed E-state index contributed by atoms with van der Waals surface area (Å²) in [6, 6.07) is 12.0. The molecule has 22 heavy (non-hydrogen) atoms. The van der Waals surface area contributed by atoms with E-state index in [0.29, 0.717) is 11.5 Å². The molecule has 0 radical (unpaired) electrons. The van der Waals surface area contributed by atoms with E-state index in [2.05, 4.69) is 12.1 Å². The Morgan fingerprint density at radius 3 is 2.27 bits per heavy atom. The van der Waals surface area contributed by atoms with Gasteiger partial charge in [0.2, 0.25) is 0 Å². The molecular weight excluding hydrogens is 272 g/mol. The third kappa shape index (κ3) is 2.37. The summed E-state index contributed by atoms with van der Waals surface area (Å²) >= 11 is 0. The quantitative estimate of drug-likeness (QED) is 0.822. The number of rotatable bonds is 2. The van der Waals surface area contributed by atoms with Crippen molar-refractivity contribution in [2.45, 2.75) is 51.4 Å². The van der Waals surface area contributed by atoms with E-state index in [0.717, 1.165) is 29.5 Å². The van der Waals surface area contributed by atoms with Gasteiger partial charge in [0.1, 0.15) is 11.5 Å². The number of phenolic OH excluding ortho intramolecular Hbond substituents is 2. The van der Waals surface area contributed by atoms with Crippen LogP contribution in [0.5, 0.6) is 11.5 Å². The van der Waals surface area contributed by atoms with Gasteiger partial charge in [0, 0.05) is 11.0 Å². The lowest BCUT2D eigenvalue weighted by molar-refractivity contribution is 0.331. The molecule has 3 rings (SSSR count). The highest BCUT2D eigenvalue weighted by atomic mass is 16.3. The normalized spacial score (nSPS) is 17.4. The summed E-state index contributed by atoms with van der Waals surface area (Å²) in [5.74, 6) is 0.762. The summed E-state index contributed by atoms with van der Waals surface area (Å²) in [4.78, 5) is 0. The van der Waals surface area contributed by atoms with E-state index in [9.17, 15) is 10.2 Å². The van der Waals surface area contributed by atoms with Gasteiger partial charge in [-0.1, -0.05) is 49.6 Å². The summed E-state index contributed by atoms with van der Waals surface area (Å²) in [6.45, 7) is 3.89. The Morgan fingerprint density at radius 2 is 1.59 bits per heavy atom. The standard InChI is InChI=1S/C20H24O2/c1-14-7-6-8-17(19(14)22)20(11-4-3-5-12-20)16-9-10-18(21)15(2)13-16/h6-10,13,21-22H,3-5,11-12H2,1-2H3.